The largest absolute Gasteiger partial charge is 0.507 e. The molecule has 0 radical (unpaired) electrons. The van der Waals surface area contributed by atoms with Crippen LogP contribution in [0.2, 0.25) is 0 Å². The van der Waals surface area contributed by atoms with Crippen LogP contribution in [0.4, 0.5) is 5.69 Å². The van der Waals surface area contributed by atoms with Crippen LogP contribution < -0.4 is 19.1 Å². The minimum absolute atomic E-state index is 0.0687. The molecule has 1 aromatic heterocycles. The minimum atomic E-state index is -0.965. The van der Waals surface area contributed by atoms with Crippen LogP contribution in [0.25, 0.3) is 5.76 Å². The lowest BCUT2D eigenvalue weighted by Crippen LogP contribution is -2.29. The highest BCUT2D eigenvalue weighted by Gasteiger charge is 2.48. The van der Waals surface area contributed by atoms with E-state index in [0.717, 1.165) is 0 Å². The lowest BCUT2D eigenvalue weighted by atomic mass is 9.99. The zero-order valence-corrected chi connectivity index (χ0v) is 19.4. The fraction of sp³-hybridized carbons (Fsp3) is 0.259. The Morgan fingerprint density at radius 2 is 1.86 bits per heavy atom. The van der Waals surface area contributed by atoms with E-state index in [1.54, 1.807) is 54.6 Å². The second-order valence-corrected chi connectivity index (χ2v) is 8.75. The molecular weight excluding hydrogens is 450 g/mol. The zero-order chi connectivity index (χ0) is 24.5. The molecule has 35 heavy (non-hydrogen) atoms. The summed E-state index contributed by atoms with van der Waals surface area (Å²) in [5.74, 6) is 0.353. The first kappa shape index (κ1) is 22.6. The predicted octanol–water partition coefficient (Wildman–Crippen LogP) is 4.71. The molecular formula is C27H25NO7. The van der Waals surface area contributed by atoms with Gasteiger partial charge < -0.3 is 23.7 Å². The van der Waals surface area contributed by atoms with Crippen molar-refractivity contribution in [3.63, 3.8) is 0 Å². The van der Waals surface area contributed by atoms with Crippen LogP contribution in [0.5, 0.6) is 17.2 Å². The lowest BCUT2D eigenvalue weighted by molar-refractivity contribution is -0.132. The van der Waals surface area contributed by atoms with E-state index in [0.29, 0.717) is 60.0 Å². The van der Waals surface area contributed by atoms with Crippen molar-refractivity contribution in [2.75, 3.05) is 24.7 Å². The van der Waals surface area contributed by atoms with E-state index < -0.39 is 17.7 Å². The first-order valence-electron chi connectivity index (χ1n) is 11.4. The van der Waals surface area contributed by atoms with Gasteiger partial charge in [-0.25, -0.2) is 0 Å². The van der Waals surface area contributed by atoms with Gasteiger partial charge >= 0.3 is 0 Å². The van der Waals surface area contributed by atoms with E-state index in [1.807, 2.05) is 13.8 Å². The molecule has 1 atom stereocenters. The van der Waals surface area contributed by atoms with Crippen molar-refractivity contribution in [1.82, 2.24) is 0 Å². The molecule has 1 N–H and O–H groups in total. The van der Waals surface area contributed by atoms with Gasteiger partial charge in [0.05, 0.1) is 18.4 Å². The standard InChI is InChI=1S/C27H25NO7/c1-16(2)15-35-19-6-3-5-17(13-19)25(29)23-24(21-7-4-10-32-21)28(27(31)26(23)30)18-8-9-20-22(14-18)34-12-11-33-20/h3-10,13-14,16,24,29H,11-12,15H2,1-2H3/b25-23-. The Hall–Kier alpha value is -4.20. The Bertz CT molecular complexity index is 1290. The summed E-state index contributed by atoms with van der Waals surface area (Å²) in [7, 11) is 0. The molecule has 1 fully saturated rings. The fourth-order valence-electron chi connectivity index (χ4n) is 4.15. The molecule has 2 aromatic carbocycles. The van der Waals surface area contributed by atoms with Gasteiger partial charge in [0, 0.05) is 17.3 Å². The number of aliphatic hydroxyl groups is 1. The number of rotatable bonds is 6. The third kappa shape index (κ3) is 4.23. The molecule has 180 valence electrons. The quantitative estimate of drug-likeness (QED) is 0.313. The van der Waals surface area contributed by atoms with Gasteiger partial charge in [-0.2, -0.15) is 0 Å². The SMILES string of the molecule is CC(C)COc1cccc(/C(O)=C2/C(=O)C(=O)N(c3ccc4c(c3)OCCO4)C2c2ccco2)c1. The third-order valence-electron chi connectivity index (χ3n) is 5.75. The van der Waals surface area contributed by atoms with Crippen molar-refractivity contribution >= 4 is 23.1 Å². The molecule has 3 heterocycles. The van der Waals surface area contributed by atoms with Crippen molar-refractivity contribution in [3.05, 3.63) is 77.8 Å². The van der Waals surface area contributed by atoms with Gasteiger partial charge in [0.25, 0.3) is 11.7 Å². The Morgan fingerprint density at radius 3 is 2.60 bits per heavy atom. The summed E-state index contributed by atoms with van der Waals surface area (Å²) in [6.07, 6.45) is 1.46. The molecule has 5 rings (SSSR count). The summed E-state index contributed by atoms with van der Waals surface area (Å²) in [6.45, 7) is 5.39. The molecule has 1 unspecified atom stereocenters. The number of ketones is 1. The Balaban J connectivity index is 1.60. The number of benzene rings is 2. The average Bonchev–Trinajstić information content (AvgIpc) is 3.49. The van der Waals surface area contributed by atoms with E-state index >= 15 is 0 Å². The van der Waals surface area contributed by atoms with Crippen LogP contribution in [0.3, 0.4) is 0 Å². The molecule has 1 saturated heterocycles. The highest BCUT2D eigenvalue weighted by atomic mass is 16.6. The highest BCUT2D eigenvalue weighted by Crippen LogP contribution is 2.44. The minimum Gasteiger partial charge on any atom is -0.507 e. The molecule has 2 aliphatic heterocycles. The van der Waals surface area contributed by atoms with Gasteiger partial charge in [-0.3, -0.25) is 14.5 Å². The summed E-state index contributed by atoms with van der Waals surface area (Å²) in [5.41, 5.74) is 0.717. The van der Waals surface area contributed by atoms with E-state index in [-0.39, 0.29) is 11.3 Å². The number of carbonyl (C=O) groups is 2. The average molecular weight is 475 g/mol. The number of furan rings is 1. The number of nitrogens with zero attached hydrogens (tertiary/aromatic N) is 1. The maximum Gasteiger partial charge on any atom is 0.300 e. The molecule has 8 nitrogen and oxygen atoms in total. The number of fused-ring (bicyclic) bond motifs is 1. The maximum absolute atomic E-state index is 13.3. The van der Waals surface area contributed by atoms with E-state index in [9.17, 15) is 14.7 Å². The molecule has 2 aliphatic rings. The smallest absolute Gasteiger partial charge is 0.300 e. The second-order valence-electron chi connectivity index (χ2n) is 8.75. The molecule has 0 spiro atoms. The molecule has 0 saturated carbocycles. The van der Waals surface area contributed by atoms with Crippen molar-refractivity contribution in [1.29, 1.82) is 0 Å². The number of anilines is 1. The summed E-state index contributed by atoms with van der Waals surface area (Å²) >= 11 is 0. The van der Waals surface area contributed by atoms with Crippen molar-refractivity contribution in [2.45, 2.75) is 19.9 Å². The van der Waals surface area contributed by atoms with Crippen LogP contribution in [-0.4, -0.2) is 36.6 Å². The van der Waals surface area contributed by atoms with Crippen molar-refractivity contribution in [2.24, 2.45) is 5.92 Å². The van der Waals surface area contributed by atoms with Crippen LogP contribution in [0.15, 0.2) is 70.9 Å². The molecule has 1 amide bonds. The van der Waals surface area contributed by atoms with Gasteiger partial charge in [-0.05, 0) is 42.3 Å². The molecule has 8 heteroatoms. The van der Waals surface area contributed by atoms with E-state index in [4.69, 9.17) is 18.6 Å². The van der Waals surface area contributed by atoms with Gasteiger partial charge in [-0.15, -0.1) is 0 Å². The topological polar surface area (TPSA) is 98.4 Å². The Kier molecular flexibility index (Phi) is 5.94. The maximum atomic E-state index is 13.3. The van der Waals surface area contributed by atoms with Gasteiger partial charge in [-0.1, -0.05) is 26.0 Å². The lowest BCUT2D eigenvalue weighted by Gasteiger charge is -2.25. The summed E-state index contributed by atoms with van der Waals surface area (Å²) in [5, 5.41) is 11.3. The predicted molar refractivity (Wildman–Crippen MR) is 128 cm³/mol. The highest BCUT2D eigenvalue weighted by molar-refractivity contribution is 6.51. The molecule has 3 aromatic rings. The zero-order valence-electron chi connectivity index (χ0n) is 19.4. The number of amides is 1. The van der Waals surface area contributed by atoms with Crippen LogP contribution in [0.1, 0.15) is 31.2 Å². The van der Waals surface area contributed by atoms with Crippen LogP contribution >= 0.6 is 0 Å². The Morgan fingerprint density at radius 1 is 1.06 bits per heavy atom. The summed E-state index contributed by atoms with van der Waals surface area (Å²) < 4.78 is 22.6. The normalized spacial score (nSPS) is 18.8. The van der Waals surface area contributed by atoms with Crippen LogP contribution in [0, 0.1) is 5.92 Å². The van der Waals surface area contributed by atoms with Crippen LogP contribution in [-0.2, 0) is 9.59 Å². The number of hydrogen-bond donors (Lipinski definition) is 1. The van der Waals surface area contributed by atoms with Gasteiger partial charge in [0.1, 0.15) is 36.5 Å². The first-order chi connectivity index (χ1) is 16.9. The summed E-state index contributed by atoms with van der Waals surface area (Å²) in [6, 6.07) is 14.2. The van der Waals surface area contributed by atoms with E-state index in [1.165, 1.54) is 11.2 Å². The van der Waals surface area contributed by atoms with E-state index in [2.05, 4.69) is 0 Å². The first-order valence-corrected chi connectivity index (χ1v) is 11.4. The monoisotopic (exact) mass is 475 g/mol. The second kappa shape index (κ2) is 9.21. The fourth-order valence-corrected chi connectivity index (χ4v) is 4.15. The molecule has 0 aliphatic carbocycles. The number of aliphatic hydroxyl groups excluding tert-OH is 1. The summed E-state index contributed by atoms with van der Waals surface area (Å²) in [4.78, 5) is 27.8. The molecule has 0 bridgehead atoms. The van der Waals surface area contributed by atoms with Gasteiger partial charge in [0.15, 0.2) is 11.5 Å². The third-order valence-corrected chi connectivity index (χ3v) is 5.75. The number of ether oxygens (including phenoxy) is 3. The van der Waals surface area contributed by atoms with Crippen molar-refractivity contribution < 1.29 is 33.3 Å². The number of carbonyl (C=O) groups excluding carboxylic acids is 2. The number of Topliss-reactive ketones (excluding diaryl/α,β-unsaturated/α-hetero) is 1. The number of hydrogen-bond acceptors (Lipinski definition) is 7. The Labute approximate surface area is 202 Å². The van der Waals surface area contributed by atoms with Crippen molar-refractivity contribution in [3.8, 4) is 17.2 Å². The van der Waals surface area contributed by atoms with Gasteiger partial charge in [0.2, 0.25) is 0 Å².